The third kappa shape index (κ3) is 4.47. The molecule has 20 heavy (non-hydrogen) atoms. The number of rotatable bonds is 5. The van der Waals surface area contributed by atoms with E-state index in [2.05, 4.69) is 5.32 Å². The van der Waals surface area contributed by atoms with E-state index in [9.17, 15) is 9.90 Å². The second-order valence-electron chi connectivity index (χ2n) is 5.20. The Kier molecular flexibility index (Phi) is 5.40. The molecule has 1 amide bonds. The van der Waals surface area contributed by atoms with Gasteiger partial charge < -0.3 is 15.2 Å². The maximum absolute atomic E-state index is 11.8. The van der Waals surface area contributed by atoms with Gasteiger partial charge in [0, 0.05) is 44.0 Å². The van der Waals surface area contributed by atoms with Crippen LogP contribution in [0.3, 0.4) is 0 Å². The zero-order chi connectivity index (χ0) is 14.4. The number of ether oxygens (including phenoxy) is 1. The lowest BCUT2D eigenvalue weighted by Gasteiger charge is -2.32. The van der Waals surface area contributed by atoms with Crippen LogP contribution in [0.5, 0.6) is 0 Å². The van der Waals surface area contributed by atoms with Gasteiger partial charge in [0.25, 0.3) is 0 Å². The van der Waals surface area contributed by atoms with Crippen LogP contribution in [0.4, 0.5) is 0 Å². The number of hydrogen-bond acceptors (Lipinski definition) is 3. The highest BCUT2D eigenvalue weighted by atomic mass is 35.5. The van der Waals surface area contributed by atoms with E-state index in [4.69, 9.17) is 16.3 Å². The van der Waals surface area contributed by atoms with E-state index in [-0.39, 0.29) is 12.5 Å². The number of aliphatic hydroxyl groups is 1. The van der Waals surface area contributed by atoms with E-state index in [1.807, 2.05) is 24.3 Å². The fourth-order valence-corrected chi connectivity index (χ4v) is 2.46. The van der Waals surface area contributed by atoms with Crippen molar-refractivity contribution in [1.82, 2.24) is 5.32 Å². The molecule has 2 rings (SSSR count). The number of carbonyl (C=O) groups excluding carboxylic acids is 1. The third-order valence-corrected chi connectivity index (χ3v) is 3.99. The minimum Gasteiger partial charge on any atom is -0.388 e. The molecule has 0 radical (unpaired) electrons. The van der Waals surface area contributed by atoms with Crippen molar-refractivity contribution in [2.24, 2.45) is 0 Å². The fourth-order valence-electron chi connectivity index (χ4n) is 2.23. The molecule has 1 aliphatic heterocycles. The first-order valence-electron chi connectivity index (χ1n) is 6.89. The largest absolute Gasteiger partial charge is 0.388 e. The first-order valence-corrected chi connectivity index (χ1v) is 7.27. The topological polar surface area (TPSA) is 58.6 Å². The van der Waals surface area contributed by atoms with Crippen molar-refractivity contribution in [2.45, 2.75) is 31.3 Å². The number of benzene rings is 1. The molecule has 5 heteroatoms. The lowest BCUT2D eigenvalue weighted by molar-refractivity contribution is -0.123. The zero-order valence-corrected chi connectivity index (χ0v) is 12.2. The zero-order valence-electron chi connectivity index (χ0n) is 11.4. The van der Waals surface area contributed by atoms with Crippen LogP contribution in [-0.2, 0) is 16.0 Å². The van der Waals surface area contributed by atoms with Gasteiger partial charge in [0.2, 0.25) is 5.91 Å². The van der Waals surface area contributed by atoms with Gasteiger partial charge in [-0.15, -0.1) is 0 Å². The molecule has 0 saturated carbocycles. The monoisotopic (exact) mass is 297 g/mol. The van der Waals surface area contributed by atoms with Crippen molar-refractivity contribution in [3.05, 3.63) is 34.9 Å². The smallest absolute Gasteiger partial charge is 0.220 e. The van der Waals surface area contributed by atoms with Crippen molar-refractivity contribution in [3.8, 4) is 0 Å². The predicted molar refractivity (Wildman–Crippen MR) is 77.8 cm³/mol. The Hall–Kier alpha value is -1.10. The van der Waals surface area contributed by atoms with E-state index in [0.717, 1.165) is 5.56 Å². The molecule has 2 N–H and O–H groups in total. The maximum atomic E-state index is 11.8. The van der Waals surface area contributed by atoms with Crippen molar-refractivity contribution >= 4 is 17.5 Å². The van der Waals surface area contributed by atoms with Gasteiger partial charge >= 0.3 is 0 Å². The summed E-state index contributed by atoms with van der Waals surface area (Å²) >= 11 is 6.04. The van der Waals surface area contributed by atoms with Crippen LogP contribution in [0.2, 0.25) is 5.02 Å². The summed E-state index contributed by atoms with van der Waals surface area (Å²) in [4.78, 5) is 11.8. The summed E-state index contributed by atoms with van der Waals surface area (Å²) in [5.74, 6) is -0.0650. The Morgan fingerprint density at radius 3 is 2.75 bits per heavy atom. The molecule has 1 aromatic rings. The van der Waals surface area contributed by atoms with Gasteiger partial charge in [-0.05, 0) is 18.1 Å². The lowest BCUT2D eigenvalue weighted by Crippen LogP contribution is -2.46. The molecule has 1 heterocycles. The number of amides is 1. The third-order valence-electron chi connectivity index (χ3n) is 3.62. The molecule has 1 aliphatic rings. The molecule has 0 aliphatic carbocycles. The number of aryl methyl sites for hydroxylation is 1. The first kappa shape index (κ1) is 15.3. The van der Waals surface area contributed by atoms with Crippen LogP contribution >= 0.6 is 11.6 Å². The molecule has 1 fully saturated rings. The summed E-state index contributed by atoms with van der Waals surface area (Å²) in [6.45, 7) is 1.38. The number of hydrogen-bond donors (Lipinski definition) is 2. The van der Waals surface area contributed by atoms with Crippen LogP contribution in [0, 0.1) is 0 Å². The Labute approximate surface area is 124 Å². The standard InChI is InChI=1S/C15H20ClNO3/c16-13-4-2-1-3-12(13)5-6-14(18)17-11-15(19)7-9-20-10-8-15/h1-4,19H,5-11H2,(H,17,18). The van der Waals surface area contributed by atoms with Gasteiger partial charge in [-0.3, -0.25) is 4.79 Å². The number of carbonyl (C=O) groups is 1. The van der Waals surface area contributed by atoms with E-state index in [0.29, 0.717) is 43.9 Å². The van der Waals surface area contributed by atoms with Crippen LogP contribution in [0.1, 0.15) is 24.8 Å². The SMILES string of the molecule is O=C(CCc1ccccc1Cl)NCC1(O)CCOCC1. The summed E-state index contributed by atoms with van der Waals surface area (Å²) in [6.07, 6.45) is 2.11. The van der Waals surface area contributed by atoms with Crippen LogP contribution in [0.25, 0.3) is 0 Å². The highest BCUT2D eigenvalue weighted by molar-refractivity contribution is 6.31. The fraction of sp³-hybridized carbons (Fsp3) is 0.533. The quantitative estimate of drug-likeness (QED) is 0.873. The molecule has 1 aromatic carbocycles. The summed E-state index contributed by atoms with van der Waals surface area (Å²) in [6, 6.07) is 7.51. The average Bonchev–Trinajstić information content (AvgIpc) is 2.45. The Bertz CT molecular complexity index is 458. The van der Waals surface area contributed by atoms with Gasteiger partial charge in [-0.1, -0.05) is 29.8 Å². The molecule has 1 saturated heterocycles. The average molecular weight is 298 g/mol. The molecular formula is C15H20ClNO3. The molecule has 0 aromatic heterocycles. The van der Waals surface area contributed by atoms with Gasteiger partial charge in [0.15, 0.2) is 0 Å². The second kappa shape index (κ2) is 7.07. The molecule has 4 nitrogen and oxygen atoms in total. The van der Waals surface area contributed by atoms with Crippen LogP contribution in [-0.4, -0.2) is 36.4 Å². The van der Waals surface area contributed by atoms with Crippen molar-refractivity contribution < 1.29 is 14.6 Å². The molecular weight excluding hydrogens is 278 g/mol. The van der Waals surface area contributed by atoms with Crippen molar-refractivity contribution in [1.29, 1.82) is 0 Å². The number of halogens is 1. The van der Waals surface area contributed by atoms with Crippen LogP contribution in [0.15, 0.2) is 24.3 Å². The van der Waals surface area contributed by atoms with E-state index >= 15 is 0 Å². The van der Waals surface area contributed by atoms with Gasteiger partial charge in [-0.25, -0.2) is 0 Å². The Morgan fingerprint density at radius 1 is 1.35 bits per heavy atom. The summed E-state index contributed by atoms with van der Waals surface area (Å²) < 4.78 is 5.20. The summed E-state index contributed by atoms with van der Waals surface area (Å²) in [5.41, 5.74) is 0.146. The van der Waals surface area contributed by atoms with Gasteiger partial charge in [-0.2, -0.15) is 0 Å². The molecule has 0 bridgehead atoms. The van der Waals surface area contributed by atoms with E-state index in [1.165, 1.54) is 0 Å². The Balaban J connectivity index is 1.74. The minimum absolute atomic E-state index is 0.0650. The second-order valence-corrected chi connectivity index (χ2v) is 5.61. The molecule has 0 atom stereocenters. The highest BCUT2D eigenvalue weighted by Gasteiger charge is 2.29. The Morgan fingerprint density at radius 2 is 2.05 bits per heavy atom. The molecule has 110 valence electrons. The number of nitrogens with one attached hydrogen (secondary N) is 1. The van der Waals surface area contributed by atoms with E-state index in [1.54, 1.807) is 0 Å². The maximum Gasteiger partial charge on any atom is 0.220 e. The highest BCUT2D eigenvalue weighted by Crippen LogP contribution is 2.19. The summed E-state index contributed by atoms with van der Waals surface area (Å²) in [7, 11) is 0. The predicted octanol–water partition coefficient (Wildman–Crippen LogP) is 1.93. The summed E-state index contributed by atoms with van der Waals surface area (Å²) in [5, 5.41) is 13.7. The van der Waals surface area contributed by atoms with Crippen molar-refractivity contribution in [3.63, 3.8) is 0 Å². The molecule has 0 spiro atoms. The first-order chi connectivity index (χ1) is 9.59. The van der Waals surface area contributed by atoms with Crippen LogP contribution < -0.4 is 5.32 Å². The normalized spacial score (nSPS) is 17.7. The van der Waals surface area contributed by atoms with Gasteiger partial charge in [0.05, 0.1) is 5.60 Å². The van der Waals surface area contributed by atoms with E-state index < -0.39 is 5.60 Å². The minimum atomic E-state index is -0.821. The lowest BCUT2D eigenvalue weighted by atomic mass is 9.94. The van der Waals surface area contributed by atoms with Crippen molar-refractivity contribution in [2.75, 3.05) is 19.8 Å². The van der Waals surface area contributed by atoms with Gasteiger partial charge in [0.1, 0.15) is 0 Å². The molecule has 0 unspecified atom stereocenters.